The van der Waals surface area contributed by atoms with Gasteiger partial charge in [-0.3, -0.25) is 9.59 Å². The van der Waals surface area contributed by atoms with Crippen LogP contribution in [0.4, 0.5) is 0 Å². The molecule has 5 nitrogen and oxygen atoms in total. The van der Waals surface area contributed by atoms with Crippen molar-refractivity contribution < 1.29 is 9.59 Å². The third kappa shape index (κ3) is 4.18. The number of hydrogen-bond donors (Lipinski definition) is 3. The van der Waals surface area contributed by atoms with Gasteiger partial charge in [0.2, 0.25) is 11.8 Å². The second kappa shape index (κ2) is 7.45. The van der Waals surface area contributed by atoms with Gasteiger partial charge >= 0.3 is 0 Å². The van der Waals surface area contributed by atoms with Crippen molar-refractivity contribution in [3.05, 3.63) is 35.9 Å². The van der Waals surface area contributed by atoms with E-state index in [0.29, 0.717) is 6.54 Å². The highest BCUT2D eigenvalue weighted by molar-refractivity contribution is 5.84. The molecule has 0 aliphatic carbocycles. The van der Waals surface area contributed by atoms with E-state index in [2.05, 4.69) is 10.6 Å². The normalized spacial score (nSPS) is 11.7. The molecule has 0 aliphatic heterocycles. The van der Waals surface area contributed by atoms with Gasteiger partial charge in [-0.05, 0) is 5.56 Å². The highest BCUT2D eigenvalue weighted by atomic mass is 16.2. The molecule has 0 radical (unpaired) electrons. The fourth-order valence-electron chi connectivity index (χ4n) is 1.63. The van der Waals surface area contributed by atoms with Gasteiger partial charge in [0.25, 0.3) is 0 Å². The first-order chi connectivity index (χ1) is 8.69. The zero-order valence-corrected chi connectivity index (χ0v) is 10.5. The first kappa shape index (κ1) is 14.2. The fraction of sp³-hybridized carbons (Fsp3) is 0.385. The Morgan fingerprint density at radius 1 is 1.28 bits per heavy atom. The van der Waals surface area contributed by atoms with E-state index in [-0.39, 0.29) is 30.7 Å². The largest absolute Gasteiger partial charge is 0.359 e. The van der Waals surface area contributed by atoms with Crippen molar-refractivity contribution in [3.8, 4) is 0 Å². The predicted molar refractivity (Wildman–Crippen MR) is 69.9 cm³/mol. The number of carbonyl (C=O) groups excluding carboxylic acids is 2. The molecular weight excluding hydrogens is 230 g/mol. The number of hydrogen-bond acceptors (Lipinski definition) is 3. The second-order valence-corrected chi connectivity index (χ2v) is 3.91. The Kier molecular flexibility index (Phi) is 5.87. The number of benzene rings is 1. The smallest absolute Gasteiger partial charge is 0.228 e. The van der Waals surface area contributed by atoms with Crippen LogP contribution in [0.3, 0.4) is 0 Å². The zero-order valence-electron chi connectivity index (χ0n) is 10.5. The summed E-state index contributed by atoms with van der Waals surface area (Å²) in [5.41, 5.74) is 6.51. The van der Waals surface area contributed by atoms with Crippen molar-refractivity contribution in [2.24, 2.45) is 5.73 Å². The van der Waals surface area contributed by atoms with Crippen LogP contribution in [0.25, 0.3) is 0 Å². The molecule has 1 atom stereocenters. The molecule has 0 saturated heterocycles. The summed E-state index contributed by atoms with van der Waals surface area (Å²) in [6.45, 7) is 0.567. The first-order valence-electron chi connectivity index (χ1n) is 5.92. The summed E-state index contributed by atoms with van der Waals surface area (Å²) < 4.78 is 0. The molecule has 1 aromatic rings. The second-order valence-electron chi connectivity index (χ2n) is 3.91. The third-order valence-electron chi connectivity index (χ3n) is 2.68. The molecular formula is C13H19N3O2. The summed E-state index contributed by atoms with van der Waals surface area (Å²) in [4.78, 5) is 22.9. The van der Waals surface area contributed by atoms with Gasteiger partial charge in [-0.25, -0.2) is 0 Å². The standard InChI is InChI=1S/C13H19N3O2/c1-15-12(17)7-8-16-13(18)11(9-14)10-5-3-2-4-6-10/h2-6,11H,7-9,14H2,1H3,(H,15,17)(H,16,18). The molecule has 1 unspecified atom stereocenters. The van der Waals surface area contributed by atoms with E-state index in [0.717, 1.165) is 5.56 Å². The minimum absolute atomic E-state index is 0.0979. The average Bonchev–Trinajstić information content (AvgIpc) is 2.40. The van der Waals surface area contributed by atoms with Crippen LogP contribution in [0.15, 0.2) is 30.3 Å². The van der Waals surface area contributed by atoms with E-state index in [9.17, 15) is 9.59 Å². The van der Waals surface area contributed by atoms with Crippen LogP contribution in [0.2, 0.25) is 0 Å². The van der Waals surface area contributed by atoms with Crippen LogP contribution in [-0.2, 0) is 9.59 Å². The van der Waals surface area contributed by atoms with Gasteiger partial charge in [0.15, 0.2) is 0 Å². The lowest BCUT2D eigenvalue weighted by Gasteiger charge is -2.15. The Labute approximate surface area is 107 Å². The van der Waals surface area contributed by atoms with Crippen molar-refractivity contribution in [1.29, 1.82) is 0 Å². The lowest BCUT2D eigenvalue weighted by atomic mass is 9.98. The Morgan fingerprint density at radius 3 is 2.50 bits per heavy atom. The van der Waals surface area contributed by atoms with E-state index in [4.69, 9.17) is 5.73 Å². The summed E-state index contributed by atoms with van der Waals surface area (Å²) in [6.07, 6.45) is 0.272. The lowest BCUT2D eigenvalue weighted by molar-refractivity contribution is -0.123. The monoisotopic (exact) mass is 249 g/mol. The van der Waals surface area contributed by atoms with Gasteiger partial charge in [-0.2, -0.15) is 0 Å². The highest BCUT2D eigenvalue weighted by Gasteiger charge is 2.18. The van der Waals surface area contributed by atoms with Gasteiger partial charge in [0.1, 0.15) is 0 Å². The SMILES string of the molecule is CNC(=O)CCNC(=O)C(CN)c1ccccc1. The van der Waals surface area contributed by atoms with Crippen molar-refractivity contribution in [3.63, 3.8) is 0 Å². The van der Waals surface area contributed by atoms with E-state index >= 15 is 0 Å². The Morgan fingerprint density at radius 2 is 1.94 bits per heavy atom. The average molecular weight is 249 g/mol. The summed E-state index contributed by atoms with van der Waals surface area (Å²) in [5.74, 6) is -0.609. The molecule has 0 saturated carbocycles. The molecule has 0 heterocycles. The van der Waals surface area contributed by atoms with Crippen LogP contribution in [0, 0.1) is 0 Å². The molecule has 98 valence electrons. The Balaban J connectivity index is 2.51. The summed E-state index contributed by atoms with van der Waals surface area (Å²) >= 11 is 0. The number of nitrogens with one attached hydrogen (secondary N) is 2. The van der Waals surface area contributed by atoms with Crippen LogP contribution in [-0.4, -0.2) is 32.0 Å². The maximum Gasteiger partial charge on any atom is 0.228 e. The van der Waals surface area contributed by atoms with Gasteiger partial charge < -0.3 is 16.4 Å². The summed E-state index contributed by atoms with van der Waals surface area (Å²) in [7, 11) is 1.57. The number of amides is 2. The van der Waals surface area contributed by atoms with Gasteiger partial charge in [0.05, 0.1) is 5.92 Å². The quantitative estimate of drug-likeness (QED) is 0.662. The molecule has 0 fully saturated rings. The number of carbonyl (C=O) groups is 2. The van der Waals surface area contributed by atoms with Crippen LogP contribution < -0.4 is 16.4 Å². The van der Waals surface area contributed by atoms with E-state index < -0.39 is 0 Å². The number of nitrogens with two attached hydrogens (primary N) is 1. The molecule has 5 heteroatoms. The lowest BCUT2D eigenvalue weighted by Crippen LogP contribution is -2.35. The zero-order chi connectivity index (χ0) is 13.4. The molecule has 1 aromatic carbocycles. The highest BCUT2D eigenvalue weighted by Crippen LogP contribution is 2.13. The van der Waals surface area contributed by atoms with Crippen LogP contribution >= 0.6 is 0 Å². The number of rotatable bonds is 6. The third-order valence-corrected chi connectivity index (χ3v) is 2.68. The molecule has 18 heavy (non-hydrogen) atoms. The predicted octanol–water partition coefficient (Wildman–Crippen LogP) is -0.0188. The molecule has 0 spiro atoms. The Bertz CT molecular complexity index is 392. The van der Waals surface area contributed by atoms with E-state index in [1.807, 2.05) is 30.3 Å². The van der Waals surface area contributed by atoms with Crippen molar-refractivity contribution in [2.75, 3.05) is 20.1 Å². The molecule has 0 aromatic heterocycles. The molecule has 4 N–H and O–H groups in total. The maximum atomic E-state index is 11.9. The minimum Gasteiger partial charge on any atom is -0.359 e. The van der Waals surface area contributed by atoms with Crippen molar-refractivity contribution in [1.82, 2.24) is 10.6 Å². The molecule has 1 rings (SSSR count). The Hall–Kier alpha value is -1.88. The summed E-state index contributed by atoms with van der Waals surface area (Å²) in [6, 6.07) is 9.37. The van der Waals surface area contributed by atoms with Crippen LogP contribution in [0.1, 0.15) is 17.9 Å². The first-order valence-corrected chi connectivity index (χ1v) is 5.92. The van der Waals surface area contributed by atoms with E-state index in [1.165, 1.54) is 0 Å². The van der Waals surface area contributed by atoms with Gasteiger partial charge in [0, 0.05) is 26.6 Å². The molecule has 0 aliphatic rings. The molecule has 0 bridgehead atoms. The topological polar surface area (TPSA) is 84.2 Å². The summed E-state index contributed by atoms with van der Waals surface area (Å²) in [5, 5.41) is 5.22. The molecule has 2 amide bonds. The van der Waals surface area contributed by atoms with Gasteiger partial charge in [-0.1, -0.05) is 30.3 Å². The maximum absolute atomic E-state index is 11.9. The minimum atomic E-state index is -0.365. The van der Waals surface area contributed by atoms with Gasteiger partial charge in [-0.15, -0.1) is 0 Å². The van der Waals surface area contributed by atoms with Crippen molar-refractivity contribution >= 4 is 11.8 Å². The van der Waals surface area contributed by atoms with Crippen LogP contribution in [0.5, 0.6) is 0 Å². The van der Waals surface area contributed by atoms with E-state index in [1.54, 1.807) is 7.05 Å². The fourth-order valence-corrected chi connectivity index (χ4v) is 1.63. The van der Waals surface area contributed by atoms with Crippen molar-refractivity contribution in [2.45, 2.75) is 12.3 Å².